The number of hydrogen-bond donors (Lipinski definition) is 0. The smallest absolute Gasteiger partial charge is 0.172 e. The molecule has 2 aliphatic heterocycles. The molecule has 3 saturated carbocycles. The first-order valence-electron chi connectivity index (χ1n) is 10.6. The summed E-state index contributed by atoms with van der Waals surface area (Å²) in [6.45, 7) is 7.72. The minimum Gasteiger partial charge on any atom is -0.369 e. The van der Waals surface area contributed by atoms with E-state index in [1.807, 2.05) is 0 Å². The molecule has 6 aliphatic rings. The Kier molecular flexibility index (Phi) is 2.95. The Bertz CT molecular complexity index is 629. The highest BCUT2D eigenvalue weighted by molar-refractivity contribution is 5.28. The van der Waals surface area contributed by atoms with Crippen LogP contribution < -0.4 is 0 Å². The zero-order valence-electron chi connectivity index (χ0n) is 15.8. The second-order valence-corrected chi connectivity index (χ2v) is 10.3. The van der Waals surface area contributed by atoms with Crippen LogP contribution in [0.5, 0.6) is 0 Å². The molecule has 2 heterocycles. The fraction of sp³-hybridized carbons (Fsp3) is 0.909. The molecule has 0 N–H and O–H groups in total. The molecule has 0 unspecified atom stereocenters. The summed E-state index contributed by atoms with van der Waals surface area (Å²) in [5.74, 6) is 2.33. The summed E-state index contributed by atoms with van der Waals surface area (Å²) in [5, 5.41) is 0. The third-order valence-electron chi connectivity index (χ3n) is 9.71. The maximum absolute atomic E-state index is 6.06. The molecule has 0 bridgehead atoms. The van der Waals surface area contributed by atoms with Crippen molar-refractivity contribution in [3.05, 3.63) is 11.6 Å². The summed E-state index contributed by atoms with van der Waals surface area (Å²) < 4.78 is 18.2. The third kappa shape index (κ3) is 1.83. The van der Waals surface area contributed by atoms with Crippen LogP contribution in [0.2, 0.25) is 0 Å². The van der Waals surface area contributed by atoms with E-state index < -0.39 is 0 Å². The van der Waals surface area contributed by atoms with Gasteiger partial charge in [-0.15, -0.1) is 0 Å². The second kappa shape index (κ2) is 4.72. The van der Waals surface area contributed by atoms with E-state index in [-0.39, 0.29) is 11.4 Å². The lowest BCUT2D eigenvalue weighted by Gasteiger charge is -2.58. The van der Waals surface area contributed by atoms with Gasteiger partial charge in [-0.2, -0.15) is 0 Å². The molecule has 0 radical (unpaired) electrons. The predicted octanol–water partition coefficient (Wildman–Crippen LogP) is 4.46. The van der Waals surface area contributed by atoms with Gasteiger partial charge in [0.1, 0.15) is 0 Å². The maximum Gasteiger partial charge on any atom is 0.172 e. The normalized spacial score (nSPS) is 55.6. The summed E-state index contributed by atoms with van der Waals surface area (Å²) in [7, 11) is 0. The Morgan fingerprint density at radius 1 is 0.920 bits per heavy atom. The van der Waals surface area contributed by atoms with Gasteiger partial charge in [0.2, 0.25) is 0 Å². The molecule has 4 aliphatic carbocycles. The van der Waals surface area contributed by atoms with E-state index in [1.54, 1.807) is 5.57 Å². The lowest BCUT2D eigenvalue weighted by molar-refractivity contribution is -0.185. The average molecular weight is 344 g/mol. The van der Waals surface area contributed by atoms with Crippen molar-refractivity contribution in [2.24, 2.45) is 28.6 Å². The highest BCUT2D eigenvalue weighted by Gasteiger charge is 2.69. The first-order valence-corrected chi connectivity index (χ1v) is 10.6. The first-order chi connectivity index (χ1) is 12.0. The quantitative estimate of drug-likeness (QED) is 0.480. The van der Waals surface area contributed by atoms with Crippen LogP contribution in [-0.2, 0) is 14.2 Å². The molecule has 3 heteroatoms. The number of epoxide rings is 1. The summed E-state index contributed by atoms with van der Waals surface area (Å²) in [6, 6.07) is 0. The van der Waals surface area contributed by atoms with Gasteiger partial charge >= 0.3 is 0 Å². The first kappa shape index (κ1) is 15.7. The van der Waals surface area contributed by atoms with Crippen LogP contribution in [0.3, 0.4) is 0 Å². The second-order valence-electron chi connectivity index (χ2n) is 10.3. The number of rotatable bonds is 0. The number of allylic oxidation sites excluding steroid dienone is 1. The topological polar surface area (TPSA) is 31.0 Å². The minimum atomic E-state index is -0.277. The Hall–Kier alpha value is -0.380. The van der Waals surface area contributed by atoms with Crippen LogP contribution in [0.25, 0.3) is 0 Å². The van der Waals surface area contributed by atoms with Crippen molar-refractivity contribution in [2.75, 3.05) is 19.8 Å². The zero-order valence-corrected chi connectivity index (χ0v) is 15.8. The van der Waals surface area contributed by atoms with Crippen molar-refractivity contribution in [3.63, 3.8) is 0 Å². The van der Waals surface area contributed by atoms with E-state index in [0.29, 0.717) is 10.8 Å². The van der Waals surface area contributed by atoms with Crippen LogP contribution in [0.15, 0.2) is 11.6 Å². The fourth-order valence-electron chi connectivity index (χ4n) is 8.00. The largest absolute Gasteiger partial charge is 0.369 e. The molecule has 3 nitrogen and oxygen atoms in total. The van der Waals surface area contributed by atoms with Gasteiger partial charge in [-0.3, -0.25) is 0 Å². The molecule has 138 valence electrons. The molecule has 6 atom stereocenters. The highest BCUT2D eigenvalue weighted by Crippen LogP contribution is 2.71. The fourth-order valence-corrected chi connectivity index (χ4v) is 8.00. The predicted molar refractivity (Wildman–Crippen MR) is 95.0 cm³/mol. The molecule has 0 aromatic rings. The average Bonchev–Trinajstić information content (AvgIpc) is 3.18. The Balaban J connectivity index is 1.33. The SMILES string of the molecule is C[C@]12CCC3(CC1=CC[C@H]1[C@H]4CC[C@@]5(CO5)[C@@]4(C)CC[C@@H]12)OCCO3. The van der Waals surface area contributed by atoms with Crippen molar-refractivity contribution in [3.8, 4) is 0 Å². The lowest BCUT2D eigenvalue weighted by atomic mass is 9.47. The highest BCUT2D eigenvalue weighted by atomic mass is 16.7. The Morgan fingerprint density at radius 2 is 1.68 bits per heavy atom. The Labute approximate surface area is 151 Å². The molecular formula is C22H32O3. The third-order valence-corrected chi connectivity index (χ3v) is 9.71. The van der Waals surface area contributed by atoms with Gasteiger partial charge < -0.3 is 14.2 Å². The van der Waals surface area contributed by atoms with Crippen molar-refractivity contribution in [1.82, 2.24) is 0 Å². The molecule has 0 amide bonds. The van der Waals surface area contributed by atoms with Crippen LogP contribution in [0.1, 0.15) is 65.2 Å². The maximum atomic E-state index is 6.06. The monoisotopic (exact) mass is 344 g/mol. The molecule has 0 aromatic heterocycles. The zero-order chi connectivity index (χ0) is 16.9. The lowest BCUT2D eigenvalue weighted by Crippen LogP contribution is -2.53. The molecular weight excluding hydrogens is 312 g/mol. The number of hydrogen-bond acceptors (Lipinski definition) is 3. The summed E-state index contributed by atoms with van der Waals surface area (Å²) in [6.07, 6.45) is 12.7. The minimum absolute atomic E-state index is 0.273. The van der Waals surface area contributed by atoms with Crippen LogP contribution in [-0.4, -0.2) is 31.2 Å². The molecule has 6 rings (SSSR count). The number of fused-ring (bicyclic) bond motifs is 6. The van der Waals surface area contributed by atoms with E-state index in [4.69, 9.17) is 14.2 Å². The summed E-state index contributed by atoms with van der Waals surface area (Å²) >= 11 is 0. The van der Waals surface area contributed by atoms with Gasteiger partial charge in [-0.25, -0.2) is 0 Å². The molecule has 2 saturated heterocycles. The molecule has 5 fully saturated rings. The molecule has 2 spiro atoms. The van der Waals surface area contributed by atoms with Crippen molar-refractivity contribution >= 4 is 0 Å². The van der Waals surface area contributed by atoms with Crippen LogP contribution >= 0.6 is 0 Å². The van der Waals surface area contributed by atoms with Crippen molar-refractivity contribution in [2.45, 2.75) is 76.6 Å². The van der Waals surface area contributed by atoms with Gasteiger partial charge in [0, 0.05) is 18.3 Å². The van der Waals surface area contributed by atoms with Gasteiger partial charge in [0.05, 0.1) is 25.4 Å². The Morgan fingerprint density at radius 3 is 2.44 bits per heavy atom. The van der Waals surface area contributed by atoms with E-state index in [1.165, 1.54) is 38.5 Å². The van der Waals surface area contributed by atoms with Crippen molar-refractivity contribution < 1.29 is 14.2 Å². The summed E-state index contributed by atoms with van der Waals surface area (Å²) in [4.78, 5) is 0. The summed E-state index contributed by atoms with van der Waals surface area (Å²) in [5.41, 5.74) is 2.75. The van der Waals surface area contributed by atoms with Gasteiger partial charge in [-0.1, -0.05) is 25.5 Å². The number of ether oxygens (including phenoxy) is 3. The van der Waals surface area contributed by atoms with E-state index >= 15 is 0 Å². The van der Waals surface area contributed by atoms with Gasteiger partial charge in [0.25, 0.3) is 0 Å². The van der Waals surface area contributed by atoms with E-state index in [2.05, 4.69) is 19.9 Å². The van der Waals surface area contributed by atoms with E-state index in [9.17, 15) is 0 Å². The molecule has 0 aromatic carbocycles. The van der Waals surface area contributed by atoms with E-state index in [0.717, 1.165) is 50.4 Å². The van der Waals surface area contributed by atoms with Gasteiger partial charge in [-0.05, 0) is 61.7 Å². The van der Waals surface area contributed by atoms with Gasteiger partial charge in [0.15, 0.2) is 5.79 Å². The van der Waals surface area contributed by atoms with Crippen LogP contribution in [0.4, 0.5) is 0 Å². The molecule has 25 heavy (non-hydrogen) atoms. The van der Waals surface area contributed by atoms with Crippen molar-refractivity contribution in [1.29, 1.82) is 0 Å². The standard InChI is InChI=1S/C22H32O3/c1-19-9-10-22(23-11-12-24-22)13-15(19)3-4-16-17(19)5-7-20(2)18(16)6-8-21(20)14-25-21/h3,16-18H,4-14H2,1-2H3/t16-,17+,18-,19+,20+,21-/m1/s1. The van der Waals surface area contributed by atoms with Crippen LogP contribution in [0, 0.1) is 28.6 Å².